The minimum Gasteiger partial charge on any atom is -0.321 e. The molecule has 3 rings (SSSR count). The van der Waals surface area contributed by atoms with Crippen LogP contribution < -0.4 is 10.6 Å². The largest absolute Gasteiger partial charge is 0.321 e. The van der Waals surface area contributed by atoms with Crippen molar-refractivity contribution in [1.82, 2.24) is 15.5 Å². The van der Waals surface area contributed by atoms with E-state index in [1.165, 1.54) is 12.1 Å². The summed E-state index contributed by atoms with van der Waals surface area (Å²) >= 11 is 0. The van der Waals surface area contributed by atoms with E-state index in [-0.39, 0.29) is 11.7 Å². The number of carbonyl (C=O) groups excluding carboxylic acids is 1. The third-order valence-corrected chi connectivity index (χ3v) is 3.44. The minimum absolute atomic E-state index is 0.280. The number of carbonyl (C=O) groups is 1. The number of rotatable bonds is 2. The Morgan fingerprint density at radius 1 is 1.45 bits per heavy atom. The number of amides is 1. The smallest absolute Gasteiger partial charge is 0.276 e. The van der Waals surface area contributed by atoms with Crippen molar-refractivity contribution in [2.45, 2.75) is 19.9 Å². The van der Waals surface area contributed by atoms with Gasteiger partial charge in [-0.2, -0.15) is 5.10 Å². The number of benzene rings is 1. The van der Waals surface area contributed by atoms with Crippen molar-refractivity contribution >= 4 is 11.6 Å². The van der Waals surface area contributed by atoms with Gasteiger partial charge in [-0.15, -0.1) is 0 Å². The van der Waals surface area contributed by atoms with Crippen LogP contribution in [0.4, 0.5) is 10.1 Å². The summed E-state index contributed by atoms with van der Waals surface area (Å²) in [5, 5.41) is 12.9. The van der Waals surface area contributed by atoms with Gasteiger partial charge in [-0.1, -0.05) is 0 Å². The van der Waals surface area contributed by atoms with Gasteiger partial charge in [0.1, 0.15) is 5.82 Å². The second-order valence-electron chi connectivity index (χ2n) is 4.87. The molecule has 2 heterocycles. The summed E-state index contributed by atoms with van der Waals surface area (Å²) in [5.74, 6) is -0.568. The van der Waals surface area contributed by atoms with Crippen LogP contribution in [0.2, 0.25) is 0 Å². The Labute approximate surface area is 115 Å². The molecule has 0 fully saturated rings. The van der Waals surface area contributed by atoms with Crippen LogP contribution in [0.5, 0.6) is 0 Å². The van der Waals surface area contributed by atoms with Crippen molar-refractivity contribution in [3.8, 4) is 0 Å². The van der Waals surface area contributed by atoms with E-state index in [0.717, 1.165) is 24.2 Å². The molecule has 2 aromatic rings. The van der Waals surface area contributed by atoms with E-state index in [9.17, 15) is 9.18 Å². The van der Waals surface area contributed by atoms with Crippen molar-refractivity contribution < 1.29 is 9.18 Å². The highest BCUT2D eigenvalue weighted by molar-refractivity contribution is 6.04. The normalized spacial score (nSPS) is 13.9. The fraction of sp³-hybridized carbons (Fsp3) is 0.286. The zero-order chi connectivity index (χ0) is 14.1. The van der Waals surface area contributed by atoms with Crippen LogP contribution in [-0.2, 0) is 13.0 Å². The zero-order valence-electron chi connectivity index (χ0n) is 11.1. The summed E-state index contributed by atoms with van der Waals surface area (Å²) in [5.41, 5.74) is 3.37. The second kappa shape index (κ2) is 5.05. The fourth-order valence-corrected chi connectivity index (χ4v) is 2.33. The van der Waals surface area contributed by atoms with E-state index >= 15 is 0 Å². The summed E-state index contributed by atoms with van der Waals surface area (Å²) in [6.45, 7) is 3.18. The lowest BCUT2D eigenvalue weighted by Crippen LogP contribution is -2.25. The lowest BCUT2D eigenvalue weighted by molar-refractivity contribution is 0.102. The standard InChI is InChI=1S/C14H15FN4O/c1-8-6-9(2-3-11(8)15)17-14(20)13-10-7-16-5-4-12(10)18-19-13/h2-3,6,16H,4-5,7H2,1H3,(H,17,20)(H,18,19). The Balaban J connectivity index is 1.82. The maximum Gasteiger partial charge on any atom is 0.276 e. The van der Waals surface area contributed by atoms with E-state index in [4.69, 9.17) is 0 Å². The second-order valence-corrected chi connectivity index (χ2v) is 4.87. The molecule has 1 aliphatic heterocycles. The van der Waals surface area contributed by atoms with E-state index < -0.39 is 0 Å². The summed E-state index contributed by atoms with van der Waals surface area (Å²) in [4.78, 5) is 12.2. The molecule has 6 heteroatoms. The Hall–Kier alpha value is -2.21. The first-order chi connectivity index (χ1) is 9.65. The van der Waals surface area contributed by atoms with Gasteiger partial charge in [0, 0.05) is 36.5 Å². The molecule has 0 spiro atoms. The average Bonchev–Trinajstić information content (AvgIpc) is 2.87. The molecular weight excluding hydrogens is 259 g/mol. The molecule has 0 radical (unpaired) electrons. The maximum atomic E-state index is 13.2. The van der Waals surface area contributed by atoms with Gasteiger partial charge in [0.05, 0.1) is 0 Å². The number of H-pyrrole nitrogens is 1. The zero-order valence-corrected chi connectivity index (χ0v) is 11.1. The summed E-state index contributed by atoms with van der Waals surface area (Å²) in [6.07, 6.45) is 0.839. The van der Waals surface area contributed by atoms with Crippen molar-refractivity contribution in [3.05, 3.63) is 46.5 Å². The summed E-state index contributed by atoms with van der Waals surface area (Å²) in [6, 6.07) is 4.48. The predicted octanol–water partition coefficient (Wildman–Crippen LogP) is 1.76. The average molecular weight is 274 g/mol. The lowest BCUT2D eigenvalue weighted by Gasteiger charge is -2.13. The first kappa shape index (κ1) is 12.8. The van der Waals surface area contributed by atoms with Crippen molar-refractivity contribution in [3.63, 3.8) is 0 Å². The summed E-state index contributed by atoms with van der Waals surface area (Å²) in [7, 11) is 0. The maximum absolute atomic E-state index is 13.2. The molecule has 1 aliphatic rings. The van der Waals surface area contributed by atoms with Crippen molar-refractivity contribution in [2.24, 2.45) is 0 Å². The Morgan fingerprint density at radius 3 is 3.10 bits per heavy atom. The van der Waals surface area contributed by atoms with Crippen LogP contribution in [0.15, 0.2) is 18.2 Å². The third-order valence-electron chi connectivity index (χ3n) is 3.44. The number of fused-ring (bicyclic) bond motifs is 1. The van der Waals surface area contributed by atoms with Crippen molar-refractivity contribution in [2.75, 3.05) is 11.9 Å². The molecule has 104 valence electrons. The minimum atomic E-state index is -0.288. The highest BCUT2D eigenvalue weighted by atomic mass is 19.1. The molecule has 1 aromatic carbocycles. The number of hydrogen-bond donors (Lipinski definition) is 3. The predicted molar refractivity (Wildman–Crippen MR) is 73.1 cm³/mol. The molecule has 1 aromatic heterocycles. The monoisotopic (exact) mass is 274 g/mol. The van der Waals surface area contributed by atoms with Gasteiger partial charge in [0.15, 0.2) is 5.69 Å². The molecule has 0 atom stereocenters. The molecule has 0 aliphatic carbocycles. The van der Waals surface area contributed by atoms with Gasteiger partial charge in [-0.3, -0.25) is 9.89 Å². The fourth-order valence-electron chi connectivity index (χ4n) is 2.33. The molecule has 0 unspecified atom stereocenters. The first-order valence-corrected chi connectivity index (χ1v) is 6.49. The Bertz CT molecular complexity index is 665. The van der Waals surface area contributed by atoms with Crippen LogP contribution in [0.25, 0.3) is 0 Å². The van der Waals surface area contributed by atoms with Crippen LogP contribution in [0.3, 0.4) is 0 Å². The number of aromatic amines is 1. The molecular formula is C14H15FN4O. The van der Waals surface area contributed by atoms with E-state index in [1.807, 2.05) is 0 Å². The van der Waals surface area contributed by atoms with Crippen molar-refractivity contribution in [1.29, 1.82) is 0 Å². The van der Waals surface area contributed by atoms with E-state index in [0.29, 0.717) is 23.5 Å². The SMILES string of the molecule is Cc1cc(NC(=O)c2n[nH]c3c2CNCC3)ccc1F. The summed E-state index contributed by atoms with van der Waals surface area (Å²) < 4.78 is 13.2. The highest BCUT2D eigenvalue weighted by Crippen LogP contribution is 2.18. The number of nitrogens with zero attached hydrogens (tertiary/aromatic N) is 1. The van der Waals surface area contributed by atoms with Gasteiger partial charge in [0.2, 0.25) is 0 Å². The van der Waals surface area contributed by atoms with E-state index in [2.05, 4.69) is 20.8 Å². The third kappa shape index (κ3) is 2.30. The first-order valence-electron chi connectivity index (χ1n) is 6.49. The number of aromatic nitrogens is 2. The molecule has 3 N–H and O–H groups in total. The molecule has 0 saturated carbocycles. The Morgan fingerprint density at radius 2 is 2.30 bits per heavy atom. The molecule has 20 heavy (non-hydrogen) atoms. The number of hydrogen-bond acceptors (Lipinski definition) is 3. The Kier molecular flexibility index (Phi) is 3.23. The number of halogens is 1. The number of nitrogens with one attached hydrogen (secondary N) is 3. The molecule has 1 amide bonds. The van der Waals surface area contributed by atoms with Gasteiger partial charge >= 0.3 is 0 Å². The van der Waals surface area contributed by atoms with E-state index in [1.54, 1.807) is 13.0 Å². The molecule has 5 nitrogen and oxygen atoms in total. The van der Waals surface area contributed by atoms with Crippen LogP contribution in [0, 0.1) is 12.7 Å². The topological polar surface area (TPSA) is 69.8 Å². The van der Waals surface area contributed by atoms with Crippen LogP contribution >= 0.6 is 0 Å². The van der Waals surface area contributed by atoms with Crippen LogP contribution in [-0.4, -0.2) is 22.6 Å². The van der Waals surface area contributed by atoms with Gasteiger partial charge in [-0.25, -0.2) is 4.39 Å². The lowest BCUT2D eigenvalue weighted by atomic mass is 10.1. The van der Waals surface area contributed by atoms with Gasteiger partial charge in [0.25, 0.3) is 5.91 Å². The number of aryl methyl sites for hydroxylation is 1. The van der Waals surface area contributed by atoms with Gasteiger partial charge in [-0.05, 0) is 30.7 Å². The highest BCUT2D eigenvalue weighted by Gasteiger charge is 2.21. The number of anilines is 1. The quantitative estimate of drug-likeness (QED) is 0.781. The van der Waals surface area contributed by atoms with Gasteiger partial charge < -0.3 is 10.6 Å². The van der Waals surface area contributed by atoms with Crippen LogP contribution in [0.1, 0.15) is 27.3 Å². The molecule has 0 saturated heterocycles. The molecule has 0 bridgehead atoms.